The van der Waals surface area contributed by atoms with Crippen LogP contribution in [-0.4, -0.2) is 38.9 Å². The van der Waals surface area contributed by atoms with Gasteiger partial charge in [0.1, 0.15) is 30.4 Å². The maximum Gasteiger partial charge on any atom is 1.00 e. The van der Waals surface area contributed by atoms with Crippen molar-refractivity contribution >= 4 is 40.3 Å². The van der Waals surface area contributed by atoms with Gasteiger partial charge in [0.05, 0.1) is 14.7 Å². The van der Waals surface area contributed by atoms with Crippen LogP contribution in [0.25, 0.3) is 0 Å². The molecule has 0 amide bonds. The first-order valence-corrected chi connectivity index (χ1v) is 12.1. The normalized spacial score (nSPS) is 9.97. The molecule has 0 bridgehead atoms. The fourth-order valence-electron chi connectivity index (χ4n) is 1.76. The summed E-state index contributed by atoms with van der Waals surface area (Å²) in [6, 6.07) is 21.6. The van der Waals surface area contributed by atoms with Gasteiger partial charge in [-0.05, 0) is 36.4 Å². The Hall–Kier alpha value is 0.820. The zero-order chi connectivity index (χ0) is 22.8. The molecule has 0 radical (unpaired) electrons. The zero-order valence-corrected chi connectivity index (χ0v) is 28.6. The van der Waals surface area contributed by atoms with E-state index in [0.717, 1.165) is 0 Å². The molecule has 34 heavy (non-hydrogen) atoms. The number of hydrogen-bond acceptors (Lipinski definition) is 9. The third-order valence-corrected chi connectivity index (χ3v) is 5.64. The van der Waals surface area contributed by atoms with Gasteiger partial charge in [-0.25, -0.2) is 25.3 Å². The molecule has 0 aliphatic carbocycles. The Morgan fingerprint density at radius 1 is 0.382 bits per heavy atom. The van der Waals surface area contributed by atoms with E-state index in [1.54, 1.807) is 18.2 Å². The summed E-state index contributed by atoms with van der Waals surface area (Å²) in [6.07, 6.45) is 0. The van der Waals surface area contributed by atoms with Crippen LogP contribution in [0.5, 0.6) is 0 Å². The van der Waals surface area contributed by atoms with E-state index in [1.165, 1.54) is 72.8 Å². The van der Waals surface area contributed by atoms with Crippen LogP contribution < -0.4 is 88.7 Å². The first kappa shape index (κ1) is 41.9. The standard InChI is InChI=1S/3C6H6O3S.3Na.H3P/c3*7-10(8,9)6-4-2-1-3-5-6;;;;/h3*1-5H,(H,7,8,9);;;;1H3/q;;;3*+1;/p-3. The Labute approximate surface area is 269 Å². The van der Waals surface area contributed by atoms with Gasteiger partial charge in [0.15, 0.2) is 0 Å². The van der Waals surface area contributed by atoms with E-state index in [4.69, 9.17) is 0 Å². The van der Waals surface area contributed by atoms with Gasteiger partial charge in [0.25, 0.3) is 0 Å². The van der Waals surface area contributed by atoms with Crippen LogP contribution in [0, 0.1) is 0 Å². The molecule has 3 aromatic carbocycles. The average molecular weight is 574 g/mol. The fourth-order valence-corrected chi connectivity index (χ4v) is 3.23. The summed E-state index contributed by atoms with van der Waals surface area (Å²) in [5.74, 6) is 0. The van der Waals surface area contributed by atoms with Gasteiger partial charge in [-0.1, -0.05) is 54.6 Å². The predicted octanol–water partition coefficient (Wildman–Crippen LogP) is -7.16. The minimum atomic E-state index is -4.25. The molecular weight excluding hydrogens is 556 g/mol. The smallest absolute Gasteiger partial charge is 0.744 e. The van der Waals surface area contributed by atoms with Crippen molar-refractivity contribution in [2.75, 3.05) is 0 Å². The zero-order valence-electron chi connectivity index (χ0n) is 18.8. The molecule has 0 saturated carbocycles. The van der Waals surface area contributed by atoms with E-state index in [-0.39, 0.29) is 113 Å². The molecule has 0 aliphatic rings. The van der Waals surface area contributed by atoms with Crippen LogP contribution in [0.15, 0.2) is 106 Å². The molecule has 0 aromatic heterocycles. The van der Waals surface area contributed by atoms with E-state index in [9.17, 15) is 38.9 Å². The van der Waals surface area contributed by atoms with Crippen molar-refractivity contribution < 1.29 is 128 Å². The Morgan fingerprint density at radius 3 is 0.618 bits per heavy atom. The Morgan fingerprint density at radius 2 is 0.529 bits per heavy atom. The van der Waals surface area contributed by atoms with Crippen molar-refractivity contribution in [2.24, 2.45) is 0 Å². The first-order valence-electron chi connectivity index (χ1n) is 7.84. The quantitative estimate of drug-likeness (QED) is 0.167. The number of rotatable bonds is 3. The summed E-state index contributed by atoms with van der Waals surface area (Å²) in [5, 5.41) is 0. The molecule has 0 saturated heterocycles. The van der Waals surface area contributed by atoms with Crippen molar-refractivity contribution in [3.05, 3.63) is 91.0 Å². The summed E-state index contributed by atoms with van der Waals surface area (Å²) in [5.41, 5.74) is 0. The van der Waals surface area contributed by atoms with Crippen molar-refractivity contribution in [1.82, 2.24) is 0 Å². The second-order valence-corrected chi connectivity index (χ2v) is 9.44. The Bertz CT molecular complexity index is 1080. The van der Waals surface area contributed by atoms with Crippen molar-refractivity contribution in [1.29, 1.82) is 0 Å². The minimum absolute atomic E-state index is 0. The summed E-state index contributed by atoms with van der Waals surface area (Å²) in [4.78, 5) is -0.556. The second kappa shape index (κ2) is 19.9. The molecule has 170 valence electrons. The third-order valence-electron chi connectivity index (χ3n) is 3.10. The number of hydrogen-bond donors (Lipinski definition) is 0. The van der Waals surface area contributed by atoms with Crippen molar-refractivity contribution in [3.63, 3.8) is 0 Å². The maximum atomic E-state index is 10.3. The van der Waals surface area contributed by atoms with Crippen molar-refractivity contribution in [2.45, 2.75) is 14.7 Å². The van der Waals surface area contributed by atoms with Gasteiger partial charge in [0, 0.05) is 0 Å². The van der Waals surface area contributed by atoms with Crippen LogP contribution in [0.3, 0.4) is 0 Å². The van der Waals surface area contributed by atoms with Crippen LogP contribution in [0.4, 0.5) is 0 Å². The Kier molecular flexibility index (Phi) is 24.5. The largest absolute Gasteiger partial charge is 1.00 e. The molecule has 0 N–H and O–H groups in total. The molecule has 9 nitrogen and oxygen atoms in total. The monoisotopic (exact) mass is 574 g/mol. The fraction of sp³-hybridized carbons (Fsp3) is 0. The van der Waals surface area contributed by atoms with E-state index >= 15 is 0 Å². The molecule has 16 heteroatoms. The van der Waals surface area contributed by atoms with Gasteiger partial charge in [-0.2, -0.15) is 9.90 Å². The molecule has 0 aliphatic heterocycles. The molecule has 1 unspecified atom stereocenters. The van der Waals surface area contributed by atoms with Crippen LogP contribution in [0.2, 0.25) is 0 Å². The molecular formula is C18H18Na3O9PS3. The maximum absolute atomic E-state index is 10.3. The predicted molar refractivity (Wildman–Crippen MR) is 114 cm³/mol. The summed E-state index contributed by atoms with van der Waals surface area (Å²) < 4.78 is 92.5. The van der Waals surface area contributed by atoms with Gasteiger partial charge in [-0.15, -0.1) is 0 Å². The van der Waals surface area contributed by atoms with Crippen molar-refractivity contribution in [3.8, 4) is 0 Å². The van der Waals surface area contributed by atoms with E-state index in [1.807, 2.05) is 0 Å². The Balaban J connectivity index is -0.000000187. The van der Waals surface area contributed by atoms with E-state index in [2.05, 4.69) is 0 Å². The van der Waals surface area contributed by atoms with Gasteiger partial charge in [0.2, 0.25) is 0 Å². The average Bonchev–Trinajstić information content (AvgIpc) is 2.69. The molecule has 0 fully saturated rings. The number of benzene rings is 3. The molecule has 0 heterocycles. The van der Waals surface area contributed by atoms with Crippen LogP contribution in [0.1, 0.15) is 0 Å². The van der Waals surface area contributed by atoms with Crippen LogP contribution >= 0.6 is 9.90 Å². The summed E-state index contributed by atoms with van der Waals surface area (Å²) in [7, 11) is -12.8. The van der Waals surface area contributed by atoms with Gasteiger partial charge < -0.3 is 13.7 Å². The minimum Gasteiger partial charge on any atom is -0.744 e. The van der Waals surface area contributed by atoms with E-state index in [0.29, 0.717) is 0 Å². The van der Waals surface area contributed by atoms with Gasteiger partial charge in [-0.3, -0.25) is 0 Å². The molecule has 1 atom stereocenters. The topological polar surface area (TPSA) is 172 Å². The molecule has 3 rings (SSSR count). The summed E-state index contributed by atoms with van der Waals surface area (Å²) in [6.45, 7) is 0. The van der Waals surface area contributed by atoms with Crippen LogP contribution in [-0.2, 0) is 30.4 Å². The SMILES string of the molecule is O=S(=O)([O-])c1ccccc1.O=S(=O)([O-])c1ccccc1.O=S(=O)([O-])c1ccccc1.P.[Na+].[Na+].[Na+]. The molecule has 0 spiro atoms. The third kappa shape index (κ3) is 18.1. The first-order chi connectivity index (χ1) is 13.8. The summed E-state index contributed by atoms with van der Waals surface area (Å²) >= 11 is 0. The van der Waals surface area contributed by atoms with Gasteiger partial charge >= 0.3 is 88.7 Å². The second-order valence-electron chi connectivity index (χ2n) is 5.30. The molecule has 3 aromatic rings. The van der Waals surface area contributed by atoms with E-state index < -0.39 is 30.4 Å².